The van der Waals surface area contributed by atoms with Crippen molar-refractivity contribution < 1.29 is 4.79 Å². The van der Waals surface area contributed by atoms with Crippen molar-refractivity contribution in [1.29, 1.82) is 0 Å². The molecule has 1 N–H and O–H groups in total. The van der Waals surface area contributed by atoms with Gasteiger partial charge in [0.2, 0.25) is 5.91 Å². The number of benzene rings is 1. The first kappa shape index (κ1) is 18.7. The van der Waals surface area contributed by atoms with E-state index in [9.17, 15) is 4.79 Å². The predicted octanol–water partition coefficient (Wildman–Crippen LogP) is 3.54. The zero-order valence-corrected chi connectivity index (χ0v) is 16.5. The Balaban J connectivity index is 1.56. The quantitative estimate of drug-likeness (QED) is 0.602. The molecule has 26 heavy (non-hydrogen) atoms. The minimum atomic E-state index is -0.226. The molecule has 5 nitrogen and oxygen atoms in total. The molecule has 3 aromatic rings. The third-order valence-electron chi connectivity index (χ3n) is 3.99. The van der Waals surface area contributed by atoms with Crippen LogP contribution in [0.1, 0.15) is 23.2 Å². The molecular formula is C19H22N4OS2. The van der Waals surface area contributed by atoms with Crippen molar-refractivity contribution in [1.82, 2.24) is 20.1 Å². The largest absolute Gasteiger partial charge is 0.355 e. The Labute approximate surface area is 161 Å². The number of aromatic nitrogens is 3. The Morgan fingerprint density at radius 3 is 2.77 bits per heavy atom. The van der Waals surface area contributed by atoms with E-state index in [1.807, 2.05) is 38.1 Å². The summed E-state index contributed by atoms with van der Waals surface area (Å²) in [6.07, 6.45) is 0.865. The average Bonchev–Trinajstić information content (AvgIpc) is 3.28. The maximum absolute atomic E-state index is 12.4. The summed E-state index contributed by atoms with van der Waals surface area (Å²) < 4.78 is 2.05. The second-order valence-electron chi connectivity index (χ2n) is 5.98. The first-order valence-electron chi connectivity index (χ1n) is 8.54. The number of carbonyl (C=O) groups is 1. The van der Waals surface area contributed by atoms with Crippen molar-refractivity contribution in [2.75, 3.05) is 6.54 Å². The summed E-state index contributed by atoms with van der Waals surface area (Å²) in [5, 5.41) is 14.0. The normalized spacial score (nSPS) is 12.1. The maximum atomic E-state index is 12.4. The van der Waals surface area contributed by atoms with Gasteiger partial charge in [-0.2, -0.15) is 0 Å². The SMILES string of the molecule is Cc1nnc(SC(C)C(=O)NCCc2cccs2)n1Cc1ccccc1. The topological polar surface area (TPSA) is 59.8 Å². The lowest BCUT2D eigenvalue weighted by Gasteiger charge is -2.13. The fraction of sp³-hybridized carbons (Fsp3) is 0.316. The van der Waals surface area contributed by atoms with Crippen molar-refractivity contribution in [2.24, 2.45) is 0 Å². The molecule has 0 aliphatic carbocycles. The number of thiophene rings is 1. The van der Waals surface area contributed by atoms with Crippen molar-refractivity contribution in [3.05, 3.63) is 64.1 Å². The summed E-state index contributed by atoms with van der Waals surface area (Å²) >= 11 is 3.16. The van der Waals surface area contributed by atoms with E-state index < -0.39 is 0 Å². The van der Waals surface area contributed by atoms with Gasteiger partial charge in [-0.25, -0.2) is 0 Å². The van der Waals surface area contributed by atoms with Gasteiger partial charge in [-0.3, -0.25) is 4.79 Å². The smallest absolute Gasteiger partial charge is 0.233 e. The van der Waals surface area contributed by atoms with Gasteiger partial charge < -0.3 is 9.88 Å². The molecule has 0 saturated heterocycles. The van der Waals surface area contributed by atoms with Crippen LogP contribution < -0.4 is 5.32 Å². The van der Waals surface area contributed by atoms with Crippen LogP contribution >= 0.6 is 23.1 Å². The molecule has 3 rings (SSSR count). The number of aryl methyl sites for hydroxylation is 1. The van der Waals surface area contributed by atoms with Crippen molar-refractivity contribution in [2.45, 2.75) is 37.2 Å². The molecule has 136 valence electrons. The van der Waals surface area contributed by atoms with Gasteiger partial charge in [-0.05, 0) is 37.3 Å². The average molecular weight is 387 g/mol. The molecule has 1 aromatic carbocycles. The molecule has 0 saturated carbocycles. The molecule has 0 radical (unpaired) electrons. The summed E-state index contributed by atoms with van der Waals surface area (Å²) in [6, 6.07) is 14.3. The van der Waals surface area contributed by atoms with Crippen molar-refractivity contribution in [3.63, 3.8) is 0 Å². The van der Waals surface area contributed by atoms with Crippen LogP contribution in [0.2, 0.25) is 0 Å². The van der Waals surface area contributed by atoms with E-state index >= 15 is 0 Å². The number of rotatable bonds is 8. The Morgan fingerprint density at radius 1 is 1.23 bits per heavy atom. The number of amides is 1. The highest BCUT2D eigenvalue weighted by Crippen LogP contribution is 2.23. The monoisotopic (exact) mass is 386 g/mol. The van der Waals surface area contributed by atoms with Gasteiger partial charge in [0.25, 0.3) is 0 Å². The van der Waals surface area contributed by atoms with Gasteiger partial charge in [0.15, 0.2) is 5.16 Å². The molecule has 0 fully saturated rings. The van der Waals surface area contributed by atoms with Crippen LogP contribution in [0, 0.1) is 6.92 Å². The van der Waals surface area contributed by atoms with E-state index in [1.165, 1.54) is 22.2 Å². The maximum Gasteiger partial charge on any atom is 0.233 e. The number of thioether (sulfide) groups is 1. The van der Waals surface area contributed by atoms with Crippen LogP contribution in [0.25, 0.3) is 0 Å². The van der Waals surface area contributed by atoms with Crippen LogP contribution in [0.5, 0.6) is 0 Å². The molecule has 2 heterocycles. The minimum absolute atomic E-state index is 0.0264. The summed E-state index contributed by atoms with van der Waals surface area (Å²) in [5.41, 5.74) is 1.19. The standard InChI is InChI=1S/C19H22N4OS2/c1-14(18(24)20-11-10-17-9-6-12-25-17)26-19-22-21-15(2)23(19)13-16-7-4-3-5-8-16/h3-9,12,14H,10-11,13H2,1-2H3,(H,20,24). The lowest BCUT2D eigenvalue weighted by Crippen LogP contribution is -2.32. The van der Waals surface area contributed by atoms with Crippen molar-refractivity contribution >= 4 is 29.0 Å². The lowest BCUT2D eigenvalue weighted by molar-refractivity contribution is -0.120. The van der Waals surface area contributed by atoms with E-state index in [0.717, 1.165) is 17.4 Å². The molecule has 7 heteroatoms. The molecule has 1 unspecified atom stereocenters. The summed E-state index contributed by atoms with van der Waals surface area (Å²) in [6.45, 7) is 5.20. The van der Waals surface area contributed by atoms with Crippen LogP contribution in [0.15, 0.2) is 53.0 Å². The van der Waals surface area contributed by atoms with Gasteiger partial charge in [-0.1, -0.05) is 48.2 Å². The minimum Gasteiger partial charge on any atom is -0.355 e. The van der Waals surface area contributed by atoms with Gasteiger partial charge in [0, 0.05) is 11.4 Å². The van der Waals surface area contributed by atoms with E-state index in [2.05, 4.69) is 43.7 Å². The second kappa shape index (κ2) is 9.00. The second-order valence-corrected chi connectivity index (χ2v) is 8.32. The van der Waals surface area contributed by atoms with Crippen LogP contribution in [0.4, 0.5) is 0 Å². The highest BCUT2D eigenvalue weighted by Gasteiger charge is 2.19. The summed E-state index contributed by atoms with van der Waals surface area (Å²) in [7, 11) is 0. The fourth-order valence-corrected chi connectivity index (χ4v) is 4.14. The van der Waals surface area contributed by atoms with Gasteiger partial charge in [0.05, 0.1) is 11.8 Å². The van der Waals surface area contributed by atoms with E-state index in [4.69, 9.17) is 0 Å². The predicted molar refractivity (Wildman–Crippen MR) is 107 cm³/mol. The van der Waals surface area contributed by atoms with Crippen molar-refractivity contribution in [3.8, 4) is 0 Å². The van der Waals surface area contributed by atoms with Gasteiger partial charge in [0.1, 0.15) is 5.82 Å². The highest BCUT2D eigenvalue weighted by atomic mass is 32.2. The highest BCUT2D eigenvalue weighted by molar-refractivity contribution is 8.00. The molecular weight excluding hydrogens is 364 g/mol. The Kier molecular flexibility index (Phi) is 6.46. The van der Waals surface area contributed by atoms with Gasteiger partial charge in [-0.15, -0.1) is 21.5 Å². The zero-order chi connectivity index (χ0) is 18.4. The Morgan fingerprint density at radius 2 is 2.04 bits per heavy atom. The Hall–Kier alpha value is -2.12. The van der Waals surface area contributed by atoms with Crippen LogP contribution in [-0.2, 0) is 17.8 Å². The van der Waals surface area contributed by atoms with E-state index in [1.54, 1.807) is 11.3 Å². The third-order valence-corrected chi connectivity index (χ3v) is 6.00. The number of nitrogens with one attached hydrogen (secondary N) is 1. The summed E-state index contributed by atoms with van der Waals surface area (Å²) in [4.78, 5) is 13.6. The number of carbonyl (C=O) groups excluding carboxylic acids is 1. The number of hydrogen-bond donors (Lipinski definition) is 1. The first-order chi connectivity index (χ1) is 12.6. The van der Waals surface area contributed by atoms with Gasteiger partial charge >= 0.3 is 0 Å². The van der Waals surface area contributed by atoms with Crippen LogP contribution in [-0.4, -0.2) is 32.5 Å². The molecule has 2 aromatic heterocycles. The Bertz CT molecular complexity index is 831. The molecule has 1 amide bonds. The van der Waals surface area contributed by atoms with Crippen LogP contribution in [0.3, 0.4) is 0 Å². The molecule has 0 aliphatic rings. The van der Waals surface area contributed by atoms with E-state index in [-0.39, 0.29) is 11.2 Å². The van der Waals surface area contributed by atoms with E-state index in [0.29, 0.717) is 13.1 Å². The summed E-state index contributed by atoms with van der Waals surface area (Å²) in [5.74, 6) is 0.875. The zero-order valence-electron chi connectivity index (χ0n) is 14.9. The molecule has 0 spiro atoms. The molecule has 0 bridgehead atoms. The molecule has 0 aliphatic heterocycles. The number of hydrogen-bond acceptors (Lipinski definition) is 5. The third kappa shape index (κ3) is 4.95. The fourth-order valence-electron chi connectivity index (χ4n) is 2.52. The first-order valence-corrected chi connectivity index (χ1v) is 10.3. The molecule has 1 atom stereocenters. The number of nitrogens with zero attached hydrogens (tertiary/aromatic N) is 3. The lowest BCUT2D eigenvalue weighted by atomic mass is 10.2.